The maximum atomic E-state index is 12.7. The number of hydrogen-bond donors (Lipinski definition) is 2. The zero-order chi connectivity index (χ0) is 16.1. The minimum atomic E-state index is -0.401. The normalized spacial score (nSPS) is 11.3. The van der Waals surface area contributed by atoms with Crippen molar-refractivity contribution in [2.75, 3.05) is 7.11 Å². The van der Waals surface area contributed by atoms with E-state index in [1.807, 2.05) is 0 Å². The number of hydrogen-bond acceptors (Lipinski definition) is 5. The Kier molecular flexibility index (Phi) is 2.72. The highest BCUT2D eigenvalue weighted by Crippen LogP contribution is 2.41. The van der Waals surface area contributed by atoms with Crippen LogP contribution in [0, 0.1) is 0 Å². The molecule has 0 atom stereocenters. The van der Waals surface area contributed by atoms with Crippen LogP contribution in [0.5, 0.6) is 17.2 Å². The van der Waals surface area contributed by atoms with Gasteiger partial charge >= 0.3 is 0 Å². The fourth-order valence-corrected chi connectivity index (χ4v) is 2.84. The van der Waals surface area contributed by atoms with Crippen molar-refractivity contribution in [1.82, 2.24) is 0 Å². The smallest absolute Gasteiger partial charge is 0.204 e. The topological polar surface area (TPSA) is 79.9 Å². The van der Waals surface area contributed by atoms with Gasteiger partial charge in [0.1, 0.15) is 22.5 Å². The molecule has 0 aliphatic carbocycles. The summed E-state index contributed by atoms with van der Waals surface area (Å²) in [6.45, 7) is 0. The third-order valence-electron chi connectivity index (χ3n) is 3.99. The fourth-order valence-electron chi connectivity index (χ4n) is 2.84. The van der Waals surface area contributed by atoms with E-state index >= 15 is 0 Å². The number of benzene rings is 3. The average molecular weight is 308 g/mol. The summed E-state index contributed by atoms with van der Waals surface area (Å²) in [5.41, 5.74) is -0.152. The molecule has 0 unspecified atom stereocenters. The molecule has 1 heterocycles. The molecule has 0 bridgehead atoms. The molecule has 0 saturated carbocycles. The fraction of sp³-hybridized carbons (Fsp3) is 0.0556. The average Bonchev–Trinajstić information content (AvgIpc) is 2.59. The summed E-state index contributed by atoms with van der Waals surface area (Å²) < 4.78 is 10.8. The molecule has 23 heavy (non-hydrogen) atoms. The first kappa shape index (κ1) is 13.5. The van der Waals surface area contributed by atoms with Gasteiger partial charge < -0.3 is 19.4 Å². The summed E-state index contributed by atoms with van der Waals surface area (Å²) in [6.07, 6.45) is 0. The van der Waals surface area contributed by atoms with Crippen molar-refractivity contribution in [3.05, 3.63) is 52.7 Å². The standard InChI is InChI=1S/C18H12O5/c1-22-9-6-7-12-13(8-9)23-18-14(16(12)20)15(19)10-4-2-3-5-11(10)17(18)21/h2-8,19,21H,1H3. The molecule has 0 aliphatic heterocycles. The minimum Gasteiger partial charge on any atom is -0.506 e. The monoisotopic (exact) mass is 308 g/mol. The van der Waals surface area contributed by atoms with Crippen molar-refractivity contribution in [2.45, 2.75) is 0 Å². The van der Waals surface area contributed by atoms with E-state index < -0.39 is 5.43 Å². The molecular formula is C18H12O5. The molecule has 1 aromatic heterocycles. The summed E-state index contributed by atoms with van der Waals surface area (Å²) in [7, 11) is 1.51. The SMILES string of the molecule is COc1ccc2c(=O)c3c(O)c4ccccc4c(O)c3oc2c1. The summed E-state index contributed by atoms with van der Waals surface area (Å²) in [5, 5.41) is 22.0. The van der Waals surface area contributed by atoms with Crippen LogP contribution >= 0.6 is 0 Å². The highest BCUT2D eigenvalue weighted by atomic mass is 16.5. The number of rotatable bonds is 1. The Morgan fingerprint density at radius 3 is 2.35 bits per heavy atom. The first-order valence-electron chi connectivity index (χ1n) is 6.99. The van der Waals surface area contributed by atoms with Crippen LogP contribution in [0.15, 0.2) is 51.7 Å². The van der Waals surface area contributed by atoms with Crippen LogP contribution in [0.3, 0.4) is 0 Å². The second kappa shape index (κ2) is 4.64. The molecule has 3 aromatic carbocycles. The lowest BCUT2D eigenvalue weighted by atomic mass is 10.0. The lowest BCUT2D eigenvalue weighted by Gasteiger charge is -2.09. The highest BCUT2D eigenvalue weighted by Gasteiger charge is 2.19. The lowest BCUT2D eigenvalue weighted by molar-refractivity contribution is 0.414. The number of aromatic hydroxyl groups is 2. The van der Waals surface area contributed by atoms with Crippen molar-refractivity contribution in [3.8, 4) is 17.2 Å². The van der Waals surface area contributed by atoms with Crippen LogP contribution in [0.1, 0.15) is 0 Å². The van der Waals surface area contributed by atoms with Crippen LogP contribution < -0.4 is 10.2 Å². The molecule has 0 saturated heterocycles. The van der Waals surface area contributed by atoms with E-state index in [4.69, 9.17) is 9.15 Å². The van der Waals surface area contributed by atoms with Crippen LogP contribution in [0.2, 0.25) is 0 Å². The Labute approximate surface area is 130 Å². The van der Waals surface area contributed by atoms with Crippen LogP contribution in [-0.2, 0) is 0 Å². The summed E-state index contributed by atoms with van der Waals surface area (Å²) in [4.78, 5) is 12.7. The molecule has 2 N–H and O–H groups in total. The van der Waals surface area contributed by atoms with Gasteiger partial charge in [-0.1, -0.05) is 24.3 Å². The van der Waals surface area contributed by atoms with Gasteiger partial charge in [0.2, 0.25) is 5.43 Å². The quantitative estimate of drug-likeness (QED) is 0.415. The number of fused-ring (bicyclic) bond motifs is 3. The van der Waals surface area contributed by atoms with Crippen molar-refractivity contribution in [1.29, 1.82) is 0 Å². The van der Waals surface area contributed by atoms with E-state index in [2.05, 4.69) is 0 Å². The molecule has 0 spiro atoms. The Bertz CT molecular complexity index is 1140. The van der Waals surface area contributed by atoms with Gasteiger partial charge in [0.25, 0.3) is 0 Å². The number of phenols is 2. The molecule has 0 radical (unpaired) electrons. The van der Waals surface area contributed by atoms with Crippen molar-refractivity contribution in [3.63, 3.8) is 0 Å². The van der Waals surface area contributed by atoms with Gasteiger partial charge in [0, 0.05) is 16.8 Å². The molecule has 4 aromatic rings. The molecule has 5 nitrogen and oxygen atoms in total. The van der Waals surface area contributed by atoms with Gasteiger partial charge in [0.05, 0.1) is 12.5 Å². The number of phenolic OH excluding ortho intramolecular Hbond substituents is 2. The van der Waals surface area contributed by atoms with E-state index in [1.54, 1.807) is 42.5 Å². The van der Waals surface area contributed by atoms with Crippen LogP contribution in [-0.4, -0.2) is 17.3 Å². The third kappa shape index (κ3) is 1.76. The van der Waals surface area contributed by atoms with Crippen LogP contribution in [0.4, 0.5) is 0 Å². The number of ether oxygens (including phenoxy) is 1. The molecule has 114 valence electrons. The minimum absolute atomic E-state index is 0.0288. The van der Waals surface area contributed by atoms with Gasteiger partial charge in [-0.3, -0.25) is 4.79 Å². The summed E-state index contributed by atoms with van der Waals surface area (Å²) in [6, 6.07) is 11.5. The van der Waals surface area contributed by atoms with Crippen molar-refractivity contribution >= 4 is 32.7 Å². The van der Waals surface area contributed by atoms with E-state index in [9.17, 15) is 15.0 Å². The number of methoxy groups -OCH3 is 1. The zero-order valence-electron chi connectivity index (χ0n) is 12.2. The lowest BCUT2D eigenvalue weighted by Crippen LogP contribution is -2.03. The molecular weight excluding hydrogens is 296 g/mol. The summed E-state index contributed by atoms with van der Waals surface area (Å²) >= 11 is 0. The largest absolute Gasteiger partial charge is 0.506 e. The van der Waals surface area contributed by atoms with Gasteiger partial charge in [-0.2, -0.15) is 0 Å². The zero-order valence-corrected chi connectivity index (χ0v) is 12.2. The molecule has 5 heteroatoms. The van der Waals surface area contributed by atoms with E-state index in [0.717, 1.165) is 0 Å². The Morgan fingerprint density at radius 2 is 1.65 bits per heavy atom. The molecule has 4 rings (SSSR count). The first-order chi connectivity index (χ1) is 11.1. The van der Waals surface area contributed by atoms with E-state index in [0.29, 0.717) is 21.9 Å². The molecule has 0 amide bonds. The van der Waals surface area contributed by atoms with Gasteiger partial charge in [-0.15, -0.1) is 0 Å². The summed E-state index contributed by atoms with van der Waals surface area (Å²) in [5.74, 6) is 0.166. The van der Waals surface area contributed by atoms with E-state index in [-0.39, 0.29) is 28.1 Å². The Hall–Kier alpha value is -3.21. The second-order valence-corrected chi connectivity index (χ2v) is 5.24. The predicted octanol–water partition coefficient (Wildman–Crippen LogP) is 3.52. The molecule has 0 fully saturated rings. The van der Waals surface area contributed by atoms with Gasteiger partial charge in [-0.05, 0) is 12.1 Å². The molecule has 0 aliphatic rings. The third-order valence-corrected chi connectivity index (χ3v) is 3.99. The van der Waals surface area contributed by atoms with Crippen molar-refractivity contribution in [2.24, 2.45) is 0 Å². The van der Waals surface area contributed by atoms with Crippen molar-refractivity contribution < 1.29 is 19.4 Å². The maximum Gasteiger partial charge on any atom is 0.204 e. The Morgan fingerprint density at radius 1 is 0.957 bits per heavy atom. The highest BCUT2D eigenvalue weighted by molar-refractivity contribution is 6.10. The van der Waals surface area contributed by atoms with Gasteiger partial charge in [0.15, 0.2) is 11.3 Å². The predicted molar refractivity (Wildman–Crippen MR) is 87.4 cm³/mol. The van der Waals surface area contributed by atoms with E-state index in [1.165, 1.54) is 7.11 Å². The second-order valence-electron chi connectivity index (χ2n) is 5.24. The van der Waals surface area contributed by atoms with Crippen LogP contribution in [0.25, 0.3) is 32.7 Å². The Balaban J connectivity index is 2.30. The first-order valence-corrected chi connectivity index (χ1v) is 6.99. The maximum absolute atomic E-state index is 12.7. The van der Waals surface area contributed by atoms with Gasteiger partial charge in [-0.25, -0.2) is 0 Å².